The fourth-order valence-electron chi connectivity index (χ4n) is 9.65. The number of carbonyl (C=O) groups excluding carboxylic acids is 1. The molecule has 11 unspecified atom stereocenters. The third-order valence-corrected chi connectivity index (χ3v) is 31.1. The van der Waals surface area contributed by atoms with Gasteiger partial charge in [-0.2, -0.15) is 0 Å². The molecule has 7 aliphatic rings. The van der Waals surface area contributed by atoms with Crippen molar-refractivity contribution in [3.63, 3.8) is 0 Å². The van der Waals surface area contributed by atoms with Gasteiger partial charge in [-0.3, -0.25) is 0 Å². The van der Waals surface area contributed by atoms with Crippen LogP contribution >= 0.6 is 0 Å². The largest absolute Gasteiger partial charge is 0.462 e. The van der Waals surface area contributed by atoms with E-state index in [0.29, 0.717) is 73.0 Å². The number of hydrogen-bond acceptors (Lipinski definition) is 9. The molecule has 48 heavy (non-hydrogen) atoms. The molecule has 0 spiro atoms. The van der Waals surface area contributed by atoms with Gasteiger partial charge in [0.1, 0.15) is 0 Å². The topological polar surface area (TPSA) is 101 Å². The van der Waals surface area contributed by atoms with Crippen molar-refractivity contribution < 1.29 is 40.2 Å². The highest BCUT2D eigenvalue weighted by Gasteiger charge is 2.57. The molecular formula is C35H62O9Si4. The molecule has 7 rings (SSSR count). The van der Waals surface area contributed by atoms with Crippen LogP contribution in [-0.2, 0) is 40.2 Å². The van der Waals surface area contributed by atoms with Gasteiger partial charge in [-0.25, -0.2) is 4.79 Å². The predicted molar refractivity (Wildman–Crippen MR) is 192 cm³/mol. The zero-order valence-corrected chi connectivity index (χ0v) is 34.3. The third-order valence-electron chi connectivity index (χ3n) is 12.4. The van der Waals surface area contributed by atoms with Crippen molar-refractivity contribution in [1.82, 2.24) is 0 Å². The molecule has 7 fully saturated rings. The summed E-state index contributed by atoms with van der Waals surface area (Å²) in [6, 6.07) is 3.66. The third kappa shape index (κ3) is 9.42. The second-order valence-corrected chi connectivity index (χ2v) is 31.6. The molecule has 0 aromatic rings. The van der Waals surface area contributed by atoms with E-state index in [9.17, 15) is 4.79 Å². The average molecular weight is 739 g/mol. The van der Waals surface area contributed by atoms with E-state index < -0.39 is 34.2 Å². The standard InChI is InChI=1S/C35H62O9Si4/c1-25(2)35(36)37-17-7-18-45(3)41-46(4,19-14-26-8-11-29-32(22-26)38-29)43-48(6,21-16-28-10-13-31-34(24-28)40-31)44-47(5,42-45)20-15-27-9-12-30-33(23-27)39-30/h26-34H,1,7-24H2,2-6H3. The van der Waals surface area contributed by atoms with Gasteiger partial charge in [-0.1, -0.05) is 6.58 Å². The van der Waals surface area contributed by atoms with Crippen LogP contribution in [0, 0.1) is 17.8 Å². The minimum Gasteiger partial charge on any atom is -0.462 e. The number of hydrogen-bond donors (Lipinski definition) is 0. The minimum absolute atomic E-state index is 0.335. The lowest BCUT2D eigenvalue weighted by molar-refractivity contribution is -0.138. The Labute approximate surface area is 293 Å². The first-order valence-corrected chi connectivity index (χ1v) is 29.5. The van der Waals surface area contributed by atoms with Gasteiger partial charge in [0.2, 0.25) is 0 Å². The maximum Gasteiger partial charge on any atom is 0.333 e. The highest BCUT2D eigenvalue weighted by Crippen LogP contribution is 2.47. The van der Waals surface area contributed by atoms with Gasteiger partial charge >= 0.3 is 40.2 Å². The molecule has 3 aliphatic carbocycles. The fraction of sp³-hybridized carbons (Fsp3) is 0.914. The minimum atomic E-state index is -2.78. The molecule has 0 aromatic carbocycles. The maximum atomic E-state index is 12.2. The van der Waals surface area contributed by atoms with Gasteiger partial charge < -0.3 is 35.4 Å². The quantitative estimate of drug-likeness (QED) is 0.0583. The van der Waals surface area contributed by atoms with Crippen LogP contribution in [0.1, 0.15) is 90.4 Å². The first-order valence-electron chi connectivity index (χ1n) is 19.4. The molecule has 0 radical (unpaired) electrons. The van der Waals surface area contributed by atoms with Crippen molar-refractivity contribution in [2.45, 2.75) is 177 Å². The molecule has 0 aromatic heterocycles. The Morgan fingerprint density at radius 3 is 1.27 bits per heavy atom. The van der Waals surface area contributed by atoms with Gasteiger partial charge in [-0.15, -0.1) is 0 Å². The van der Waals surface area contributed by atoms with E-state index in [1.165, 1.54) is 57.8 Å². The van der Waals surface area contributed by atoms with Crippen LogP contribution in [0.5, 0.6) is 0 Å². The van der Waals surface area contributed by atoms with Crippen LogP contribution in [-0.4, -0.2) is 83.4 Å². The molecule has 0 N–H and O–H groups in total. The SMILES string of the molecule is C=C(C)C(=O)OCCC[Si]1(C)O[Si](C)(CCC2CCC3OC3C2)O[Si](C)(CCC2CCC3OC3C2)O[Si](C)(CCC2CCC3OC3C2)O1. The van der Waals surface area contributed by atoms with E-state index in [2.05, 4.69) is 32.8 Å². The number of esters is 1. The monoisotopic (exact) mass is 738 g/mol. The van der Waals surface area contributed by atoms with Crippen LogP contribution in [0.3, 0.4) is 0 Å². The Bertz CT molecular complexity index is 1140. The van der Waals surface area contributed by atoms with Gasteiger partial charge in [0.25, 0.3) is 0 Å². The van der Waals surface area contributed by atoms with Crippen molar-refractivity contribution in [3.05, 3.63) is 12.2 Å². The van der Waals surface area contributed by atoms with Crippen LogP contribution in [0.4, 0.5) is 0 Å². The van der Waals surface area contributed by atoms with Crippen molar-refractivity contribution in [2.24, 2.45) is 17.8 Å². The molecule has 4 heterocycles. The highest BCUT2D eigenvalue weighted by molar-refractivity contribution is 6.93. The summed E-state index contributed by atoms with van der Waals surface area (Å²) in [5.74, 6) is 1.68. The van der Waals surface area contributed by atoms with E-state index in [1.54, 1.807) is 6.92 Å². The lowest BCUT2D eigenvalue weighted by Crippen LogP contribution is -2.67. The zero-order valence-electron chi connectivity index (χ0n) is 30.3. The molecule has 272 valence electrons. The van der Waals surface area contributed by atoms with E-state index >= 15 is 0 Å². The van der Waals surface area contributed by atoms with Crippen LogP contribution in [0.25, 0.3) is 0 Å². The maximum absolute atomic E-state index is 12.2. The molecule has 4 saturated heterocycles. The molecule has 4 aliphatic heterocycles. The summed E-state index contributed by atoms with van der Waals surface area (Å²) >= 11 is 0. The molecule has 13 heteroatoms. The van der Waals surface area contributed by atoms with E-state index in [1.807, 2.05) is 0 Å². The van der Waals surface area contributed by atoms with Gasteiger partial charge in [0.15, 0.2) is 0 Å². The summed E-state index contributed by atoms with van der Waals surface area (Å²) in [5, 5.41) is 0. The first kappa shape index (κ1) is 36.2. The molecular weight excluding hydrogens is 677 g/mol. The van der Waals surface area contributed by atoms with Crippen LogP contribution in [0.15, 0.2) is 12.2 Å². The summed E-state index contributed by atoms with van der Waals surface area (Å²) in [6.45, 7) is 15.0. The molecule has 0 bridgehead atoms. The Morgan fingerprint density at radius 1 is 0.583 bits per heavy atom. The van der Waals surface area contributed by atoms with Gasteiger partial charge in [-0.05, 0) is 159 Å². The number of carbonyl (C=O) groups is 1. The summed E-state index contributed by atoms with van der Waals surface area (Å²) in [7, 11) is -10.9. The summed E-state index contributed by atoms with van der Waals surface area (Å²) in [4.78, 5) is 12.2. The number of fused-ring (bicyclic) bond motifs is 3. The molecule has 11 atom stereocenters. The smallest absolute Gasteiger partial charge is 0.333 e. The fourth-order valence-corrected chi connectivity index (χ4v) is 33.3. The summed E-state index contributed by atoms with van der Waals surface area (Å²) in [5.41, 5.74) is 0.428. The van der Waals surface area contributed by atoms with Gasteiger partial charge in [0.05, 0.1) is 43.2 Å². The lowest BCUT2D eigenvalue weighted by Gasteiger charge is -2.51. The van der Waals surface area contributed by atoms with E-state index in [0.717, 1.165) is 43.4 Å². The second kappa shape index (κ2) is 14.3. The zero-order chi connectivity index (χ0) is 33.7. The second-order valence-electron chi connectivity index (χ2n) is 17.3. The summed E-state index contributed by atoms with van der Waals surface area (Å²) in [6.07, 6.45) is 17.9. The highest BCUT2D eigenvalue weighted by atomic mass is 28.5. The first-order chi connectivity index (χ1) is 22.8. The van der Waals surface area contributed by atoms with Crippen molar-refractivity contribution in [3.8, 4) is 0 Å². The Balaban J connectivity index is 1.08. The van der Waals surface area contributed by atoms with E-state index in [4.69, 9.17) is 35.4 Å². The Hall–Kier alpha value is -0.202. The predicted octanol–water partition coefficient (Wildman–Crippen LogP) is 7.74. The van der Waals surface area contributed by atoms with Crippen LogP contribution in [0.2, 0.25) is 50.4 Å². The molecule has 9 nitrogen and oxygen atoms in total. The average Bonchev–Trinajstić information content (AvgIpc) is 3.91. The normalized spacial score (nSPS) is 47.8. The lowest BCUT2D eigenvalue weighted by atomic mass is 9.88. The van der Waals surface area contributed by atoms with Gasteiger partial charge in [0, 0.05) is 5.57 Å². The van der Waals surface area contributed by atoms with Crippen molar-refractivity contribution in [2.75, 3.05) is 6.61 Å². The Kier molecular flexibility index (Phi) is 10.8. The number of rotatable bonds is 14. The number of epoxide rings is 3. The van der Waals surface area contributed by atoms with Crippen LogP contribution < -0.4 is 0 Å². The van der Waals surface area contributed by atoms with E-state index in [-0.39, 0.29) is 5.97 Å². The Morgan fingerprint density at radius 2 is 0.938 bits per heavy atom. The van der Waals surface area contributed by atoms with Crippen molar-refractivity contribution >= 4 is 40.2 Å². The number of ether oxygens (including phenoxy) is 4. The molecule has 0 amide bonds. The molecule has 3 saturated carbocycles. The van der Waals surface area contributed by atoms with Crippen molar-refractivity contribution in [1.29, 1.82) is 0 Å². The summed E-state index contributed by atoms with van der Waals surface area (Å²) < 4.78 is 53.2.